The first kappa shape index (κ1) is 9.79. The molecule has 4 nitrogen and oxygen atoms in total. The van der Waals surface area contributed by atoms with Crippen LogP contribution in [0.1, 0.15) is 5.56 Å². The number of nitrogens with zero attached hydrogens (tertiary/aromatic N) is 3. The standard InChI is InChI=1S/C10H11FN4/c1-12-7-8-3-5-13-10(9(8)11)15-6-2-4-14-15/h2-6,12H,7H2,1H3. The number of hydrogen-bond acceptors (Lipinski definition) is 3. The van der Waals surface area contributed by atoms with E-state index in [1.807, 2.05) is 0 Å². The van der Waals surface area contributed by atoms with Gasteiger partial charge < -0.3 is 5.32 Å². The second-order valence-corrected chi connectivity index (χ2v) is 3.09. The van der Waals surface area contributed by atoms with E-state index in [1.54, 1.807) is 37.8 Å². The SMILES string of the molecule is CNCc1ccnc(-n2cccn2)c1F. The molecule has 0 unspecified atom stereocenters. The monoisotopic (exact) mass is 206 g/mol. The summed E-state index contributed by atoms with van der Waals surface area (Å²) < 4.78 is 15.3. The number of aromatic nitrogens is 3. The highest BCUT2D eigenvalue weighted by atomic mass is 19.1. The van der Waals surface area contributed by atoms with Gasteiger partial charge in [0.25, 0.3) is 0 Å². The molecule has 0 aliphatic rings. The zero-order valence-electron chi connectivity index (χ0n) is 8.31. The Morgan fingerprint density at radius 3 is 3.00 bits per heavy atom. The van der Waals surface area contributed by atoms with E-state index in [2.05, 4.69) is 15.4 Å². The van der Waals surface area contributed by atoms with Gasteiger partial charge in [0.1, 0.15) is 0 Å². The molecule has 0 fully saturated rings. The quantitative estimate of drug-likeness (QED) is 0.818. The molecule has 0 aliphatic carbocycles. The molecule has 0 amide bonds. The first-order chi connectivity index (χ1) is 7.33. The Morgan fingerprint density at radius 1 is 1.47 bits per heavy atom. The zero-order chi connectivity index (χ0) is 10.7. The van der Waals surface area contributed by atoms with Crippen LogP contribution in [-0.2, 0) is 6.54 Å². The molecule has 1 N–H and O–H groups in total. The van der Waals surface area contributed by atoms with Gasteiger partial charge in [-0.05, 0) is 19.2 Å². The van der Waals surface area contributed by atoms with Crippen LogP contribution in [0, 0.1) is 5.82 Å². The summed E-state index contributed by atoms with van der Waals surface area (Å²) in [5.74, 6) is -0.108. The van der Waals surface area contributed by atoms with Crippen molar-refractivity contribution in [1.29, 1.82) is 0 Å². The molecular weight excluding hydrogens is 195 g/mol. The van der Waals surface area contributed by atoms with Crippen molar-refractivity contribution in [3.05, 3.63) is 42.1 Å². The van der Waals surface area contributed by atoms with E-state index in [0.29, 0.717) is 12.1 Å². The molecule has 2 aromatic rings. The lowest BCUT2D eigenvalue weighted by Gasteiger charge is -2.06. The van der Waals surface area contributed by atoms with E-state index in [9.17, 15) is 4.39 Å². The Morgan fingerprint density at radius 2 is 2.33 bits per heavy atom. The summed E-state index contributed by atoms with van der Waals surface area (Å²) >= 11 is 0. The van der Waals surface area contributed by atoms with Crippen LogP contribution < -0.4 is 5.32 Å². The first-order valence-electron chi connectivity index (χ1n) is 4.61. The maximum Gasteiger partial charge on any atom is 0.189 e. The van der Waals surface area contributed by atoms with E-state index < -0.39 is 0 Å². The number of nitrogens with one attached hydrogen (secondary N) is 1. The third-order valence-electron chi connectivity index (χ3n) is 2.04. The molecule has 2 heterocycles. The average Bonchev–Trinajstić information content (AvgIpc) is 2.74. The molecule has 0 aliphatic heterocycles. The molecule has 2 rings (SSSR count). The summed E-state index contributed by atoms with van der Waals surface area (Å²) in [6, 6.07) is 3.38. The van der Waals surface area contributed by atoms with Gasteiger partial charge in [-0.3, -0.25) is 0 Å². The summed E-state index contributed by atoms with van der Waals surface area (Å²) in [6.45, 7) is 0.475. The molecule has 0 saturated heterocycles. The number of pyridine rings is 1. The van der Waals surface area contributed by atoms with Crippen LogP contribution in [0.5, 0.6) is 0 Å². The van der Waals surface area contributed by atoms with Crippen LogP contribution in [0.2, 0.25) is 0 Å². The number of rotatable bonds is 3. The van der Waals surface area contributed by atoms with Gasteiger partial charge in [-0.1, -0.05) is 0 Å². The van der Waals surface area contributed by atoms with E-state index in [-0.39, 0.29) is 11.6 Å². The van der Waals surface area contributed by atoms with Crippen LogP contribution >= 0.6 is 0 Å². The van der Waals surface area contributed by atoms with Crippen LogP contribution in [0.25, 0.3) is 5.82 Å². The zero-order valence-corrected chi connectivity index (χ0v) is 8.31. The van der Waals surface area contributed by atoms with E-state index in [1.165, 1.54) is 4.68 Å². The van der Waals surface area contributed by atoms with Gasteiger partial charge in [0.2, 0.25) is 0 Å². The van der Waals surface area contributed by atoms with Crippen molar-refractivity contribution < 1.29 is 4.39 Å². The summed E-state index contributed by atoms with van der Waals surface area (Å²) in [5.41, 5.74) is 0.581. The topological polar surface area (TPSA) is 42.7 Å². The lowest BCUT2D eigenvalue weighted by Crippen LogP contribution is -2.10. The van der Waals surface area contributed by atoms with Crippen LogP contribution in [-0.4, -0.2) is 21.8 Å². The Kier molecular flexibility index (Phi) is 2.73. The highest BCUT2D eigenvalue weighted by Gasteiger charge is 2.10. The van der Waals surface area contributed by atoms with Gasteiger partial charge in [-0.15, -0.1) is 0 Å². The molecule has 0 bridgehead atoms. The third kappa shape index (κ3) is 1.87. The fraction of sp³-hybridized carbons (Fsp3) is 0.200. The third-order valence-corrected chi connectivity index (χ3v) is 2.04. The van der Waals surface area contributed by atoms with E-state index >= 15 is 0 Å². The number of halogens is 1. The highest BCUT2D eigenvalue weighted by Crippen LogP contribution is 2.13. The predicted molar refractivity (Wildman–Crippen MR) is 54.1 cm³/mol. The Balaban J connectivity index is 2.45. The Hall–Kier alpha value is -1.75. The first-order valence-corrected chi connectivity index (χ1v) is 4.61. The van der Waals surface area contributed by atoms with Gasteiger partial charge in [-0.2, -0.15) is 5.10 Å². The average molecular weight is 206 g/mol. The molecule has 0 atom stereocenters. The number of hydrogen-bond donors (Lipinski definition) is 1. The van der Waals surface area contributed by atoms with Crippen molar-refractivity contribution in [3.8, 4) is 5.82 Å². The van der Waals surface area contributed by atoms with Crippen molar-refractivity contribution in [2.75, 3.05) is 7.05 Å². The van der Waals surface area contributed by atoms with Crippen LogP contribution in [0.4, 0.5) is 4.39 Å². The fourth-order valence-corrected chi connectivity index (χ4v) is 1.35. The molecule has 78 valence electrons. The minimum atomic E-state index is -0.337. The lowest BCUT2D eigenvalue weighted by atomic mass is 10.2. The molecule has 0 saturated carbocycles. The summed E-state index contributed by atoms with van der Waals surface area (Å²) in [6.07, 6.45) is 4.83. The summed E-state index contributed by atoms with van der Waals surface area (Å²) in [7, 11) is 1.77. The van der Waals surface area contributed by atoms with Crippen LogP contribution in [0.15, 0.2) is 30.7 Å². The van der Waals surface area contributed by atoms with Crippen LogP contribution in [0.3, 0.4) is 0 Å². The fourth-order valence-electron chi connectivity index (χ4n) is 1.35. The van der Waals surface area contributed by atoms with Crippen molar-refractivity contribution in [1.82, 2.24) is 20.1 Å². The van der Waals surface area contributed by atoms with Gasteiger partial charge in [0.15, 0.2) is 11.6 Å². The smallest absolute Gasteiger partial charge is 0.189 e. The van der Waals surface area contributed by atoms with E-state index in [0.717, 1.165) is 0 Å². The molecule has 0 radical (unpaired) electrons. The molecule has 2 aromatic heterocycles. The van der Waals surface area contributed by atoms with Crippen molar-refractivity contribution >= 4 is 0 Å². The van der Waals surface area contributed by atoms with Crippen molar-refractivity contribution in [3.63, 3.8) is 0 Å². The molecule has 5 heteroatoms. The summed E-state index contributed by atoms with van der Waals surface area (Å²) in [5, 5.41) is 6.84. The lowest BCUT2D eigenvalue weighted by molar-refractivity contribution is 0.577. The Labute approximate surface area is 86.8 Å². The highest BCUT2D eigenvalue weighted by molar-refractivity contribution is 5.29. The minimum Gasteiger partial charge on any atom is -0.316 e. The molecule has 15 heavy (non-hydrogen) atoms. The van der Waals surface area contributed by atoms with Crippen molar-refractivity contribution in [2.45, 2.75) is 6.54 Å². The van der Waals surface area contributed by atoms with Gasteiger partial charge in [0.05, 0.1) is 0 Å². The predicted octanol–water partition coefficient (Wildman–Crippen LogP) is 1.13. The molecule has 0 aromatic carbocycles. The Bertz CT molecular complexity index is 439. The second-order valence-electron chi connectivity index (χ2n) is 3.09. The van der Waals surface area contributed by atoms with Gasteiger partial charge in [-0.25, -0.2) is 14.1 Å². The molecule has 0 spiro atoms. The van der Waals surface area contributed by atoms with Crippen molar-refractivity contribution in [2.24, 2.45) is 0 Å². The van der Waals surface area contributed by atoms with Gasteiger partial charge >= 0.3 is 0 Å². The minimum absolute atomic E-state index is 0.229. The molecular formula is C10H11FN4. The normalized spacial score (nSPS) is 10.5. The van der Waals surface area contributed by atoms with Gasteiger partial charge in [0, 0.05) is 30.7 Å². The largest absolute Gasteiger partial charge is 0.316 e. The second kappa shape index (κ2) is 4.18. The maximum atomic E-state index is 13.9. The maximum absolute atomic E-state index is 13.9. The summed E-state index contributed by atoms with van der Waals surface area (Å²) in [4.78, 5) is 3.96. The van der Waals surface area contributed by atoms with E-state index in [4.69, 9.17) is 0 Å².